The fourth-order valence-electron chi connectivity index (χ4n) is 1.78. The molecule has 0 heterocycles. The van der Waals surface area contributed by atoms with Crippen molar-refractivity contribution < 1.29 is 8.42 Å². The molecule has 20 heavy (non-hydrogen) atoms. The summed E-state index contributed by atoms with van der Waals surface area (Å²) in [4.78, 5) is 0.0885. The quantitative estimate of drug-likeness (QED) is 0.874. The van der Waals surface area contributed by atoms with Gasteiger partial charge in [-0.1, -0.05) is 51.8 Å². The van der Waals surface area contributed by atoms with Crippen LogP contribution in [0, 0.1) is 0 Å². The lowest BCUT2D eigenvalue weighted by Crippen LogP contribution is -2.27. The largest absolute Gasteiger partial charge is 0.242 e. The minimum atomic E-state index is -3.64. The molecule has 3 nitrogen and oxygen atoms in total. The molecule has 0 aromatic heterocycles. The van der Waals surface area contributed by atoms with E-state index in [2.05, 4.69) is 20.7 Å². The van der Waals surface area contributed by atoms with Crippen LogP contribution in [0.5, 0.6) is 0 Å². The Hall–Kier alpha value is -0.880. The Morgan fingerprint density at radius 2 is 1.70 bits per heavy atom. The molecule has 2 aromatic carbocycles. The van der Waals surface area contributed by atoms with Crippen molar-refractivity contribution in [2.75, 3.05) is 0 Å². The molecule has 6 heteroatoms. The maximum atomic E-state index is 12.3. The van der Waals surface area contributed by atoms with Crippen LogP contribution >= 0.6 is 27.5 Å². The third-order valence-corrected chi connectivity index (χ3v) is 5.40. The summed E-state index contributed by atoms with van der Waals surface area (Å²) in [6.07, 6.45) is 0. The van der Waals surface area contributed by atoms with Crippen LogP contribution in [0.1, 0.15) is 18.5 Å². The van der Waals surface area contributed by atoms with E-state index in [4.69, 9.17) is 11.6 Å². The number of halogens is 2. The highest BCUT2D eigenvalue weighted by molar-refractivity contribution is 9.10. The lowest BCUT2D eigenvalue weighted by atomic mass is 10.1. The molecule has 0 radical (unpaired) electrons. The van der Waals surface area contributed by atoms with E-state index in [0.717, 1.165) is 10.0 Å². The van der Waals surface area contributed by atoms with Crippen LogP contribution in [0.25, 0.3) is 0 Å². The van der Waals surface area contributed by atoms with Gasteiger partial charge in [0, 0.05) is 10.5 Å². The molecule has 0 saturated heterocycles. The van der Waals surface area contributed by atoms with Gasteiger partial charge in [-0.2, -0.15) is 0 Å². The van der Waals surface area contributed by atoms with Gasteiger partial charge in [0.15, 0.2) is 0 Å². The Morgan fingerprint density at radius 3 is 2.30 bits per heavy atom. The molecule has 0 spiro atoms. The van der Waals surface area contributed by atoms with Gasteiger partial charge >= 0.3 is 0 Å². The second-order valence-corrected chi connectivity index (χ2v) is 7.33. The summed E-state index contributed by atoms with van der Waals surface area (Å²) in [5.41, 5.74) is 0.879. The van der Waals surface area contributed by atoms with E-state index in [1.165, 1.54) is 6.07 Å². The summed E-state index contributed by atoms with van der Waals surface area (Å²) in [6, 6.07) is 13.5. The molecule has 0 amide bonds. The smallest absolute Gasteiger partial charge is 0.207 e. The molecule has 0 bridgehead atoms. The fourth-order valence-corrected chi connectivity index (χ4v) is 3.79. The summed E-state index contributed by atoms with van der Waals surface area (Å²) in [7, 11) is -3.64. The van der Waals surface area contributed by atoms with Gasteiger partial charge in [-0.3, -0.25) is 0 Å². The normalized spacial score (nSPS) is 13.2. The third kappa shape index (κ3) is 3.61. The van der Waals surface area contributed by atoms with Crippen LogP contribution in [0.4, 0.5) is 0 Å². The third-order valence-electron chi connectivity index (χ3n) is 2.83. The van der Waals surface area contributed by atoms with E-state index >= 15 is 0 Å². The highest BCUT2D eigenvalue weighted by Crippen LogP contribution is 2.23. The van der Waals surface area contributed by atoms with Gasteiger partial charge in [-0.15, -0.1) is 0 Å². The zero-order valence-electron chi connectivity index (χ0n) is 10.7. The lowest BCUT2D eigenvalue weighted by molar-refractivity contribution is 0.567. The van der Waals surface area contributed by atoms with Crippen LogP contribution in [0.3, 0.4) is 0 Å². The first kappa shape index (κ1) is 15.5. The minimum Gasteiger partial charge on any atom is -0.207 e. The van der Waals surface area contributed by atoms with Crippen LogP contribution in [-0.4, -0.2) is 8.42 Å². The van der Waals surface area contributed by atoms with Gasteiger partial charge in [-0.25, -0.2) is 13.1 Å². The standard InChI is InChI=1S/C14H13BrClNO2S/c1-10(11-6-8-12(15)9-7-11)17-20(18,19)14-5-3-2-4-13(14)16/h2-10,17H,1H3/t10-/m0/s1. The van der Waals surface area contributed by atoms with Crippen molar-refractivity contribution in [1.29, 1.82) is 0 Å². The fraction of sp³-hybridized carbons (Fsp3) is 0.143. The Balaban J connectivity index is 2.24. The number of nitrogens with one attached hydrogen (secondary N) is 1. The molecule has 0 aliphatic heterocycles. The van der Waals surface area contributed by atoms with Crippen molar-refractivity contribution in [1.82, 2.24) is 4.72 Å². The van der Waals surface area contributed by atoms with Crippen LogP contribution in [0.15, 0.2) is 57.9 Å². The highest BCUT2D eigenvalue weighted by Gasteiger charge is 2.20. The van der Waals surface area contributed by atoms with Crippen molar-refractivity contribution in [3.8, 4) is 0 Å². The summed E-state index contributed by atoms with van der Waals surface area (Å²) in [5, 5.41) is 0.211. The number of hydrogen-bond acceptors (Lipinski definition) is 2. The second-order valence-electron chi connectivity index (χ2n) is 4.32. The maximum absolute atomic E-state index is 12.3. The van der Waals surface area contributed by atoms with Gasteiger partial charge < -0.3 is 0 Å². The Morgan fingerprint density at radius 1 is 1.10 bits per heavy atom. The predicted octanol–water partition coefficient (Wildman–Crippen LogP) is 4.14. The summed E-state index contributed by atoms with van der Waals surface area (Å²) < 4.78 is 28.2. The van der Waals surface area contributed by atoms with Gasteiger partial charge in [0.2, 0.25) is 10.0 Å². The van der Waals surface area contributed by atoms with Crippen molar-refractivity contribution in [2.24, 2.45) is 0 Å². The predicted molar refractivity (Wildman–Crippen MR) is 84.3 cm³/mol. The van der Waals surface area contributed by atoms with Crippen molar-refractivity contribution in [3.05, 3.63) is 63.6 Å². The molecule has 106 valence electrons. The van der Waals surface area contributed by atoms with E-state index in [9.17, 15) is 8.42 Å². The molecular formula is C14H13BrClNO2S. The van der Waals surface area contributed by atoms with Gasteiger partial charge in [0.05, 0.1) is 5.02 Å². The zero-order chi connectivity index (χ0) is 14.8. The summed E-state index contributed by atoms with van der Waals surface area (Å²) in [5.74, 6) is 0. The van der Waals surface area contributed by atoms with Gasteiger partial charge in [0.25, 0.3) is 0 Å². The van der Waals surface area contributed by atoms with E-state index in [-0.39, 0.29) is 16.0 Å². The van der Waals surface area contributed by atoms with Gasteiger partial charge in [-0.05, 0) is 36.8 Å². The Bertz CT molecular complexity index is 701. The zero-order valence-corrected chi connectivity index (χ0v) is 13.8. The summed E-state index contributed by atoms with van der Waals surface area (Å²) in [6.45, 7) is 1.79. The topological polar surface area (TPSA) is 46.2 Å². The summed E-state index contributed by atoms with van der Waals surface area (Å²) >= 11 is 9.28. The van der Waals surface area contributed by atoms with E-state index in [1.807, 2.05) is 24.3 Å². The molecule has 0 aliphatic rings. The molecule has 2 aromatic rings. The van der Waals surface area contributed by atoms with Crippen LogP contribution in [-0.2, 0) is 10.0 Å². The van der Waals surface area contributed by atoms with Gasteiger partial charge in [0.1, 0.15) is 4.90 Å². The van der Waals surface area contributed by atoms with Crippen LogP contribution < -0.4 is 4.72 Å². The number of rotatable bonds is 4. The first-order valence-corrected chi connectivity index (χ1v) is 8.58. The Labute approximate surface area is 132 Å². The van der Waals surface area contributed by atoms with E-state index in [0.29, 0.717) is 0 Å². The molecule has 0 aliphatic carbocycles. The van der Waals surface area contributed by atoms with Crippen LogP contribution in [0.2, 0.25) is 5.02 Å². The number of hydrogen-bond donors (Lipinski definition) is 1. The van der Waals surface area contributed by atoms with Crippen molar-refractivity contribution >= 4 is 37.6 Å². The Kier molecular flexibility index (Phi) is 4.86. The molecular weight excluding hydrogens is 362 g/mol. The highest BCUT2D eigenvalue weighted by atomic mass is 79.9. The first-order chi connectivity index (χ1) is 9.40. The number of sulfonamides is 1. The first-order valence-electron chi connectivity index (χ1n) is 5.92. The SMILES string of the molecule is C[C@H](NS(=O)(=O)c1ccccc1Cl)c1ccc(Br)cc1. The number of benzene rings is 2. The lowest BCUT2D eigenvalue weighted by Gasteiger charge is -2.15. The molecule has 0 fully saturated rings. The molecule has 0 saturated carbocycles. The molecule has 0 unspecified atom stereocenters. The van der Waals surface area contributed by atoms with Crippen molar-refractivity contribution in [3.63, 3.8) is 0 Å². The monoisotopic (exact) mass is 373 g/mol. The van der Waals surface area contributed by atoms with E-state index < -0.39 is 10.0 Å². The minimum absolute atomic E-state index is 0.0885. The average Bonchev–Trinajstić information content (AvgIpc) is 2.39. The molecule has 2 rings (SSSR count). The molecule has 1 N–H and O–H groups in total. The second kappa shape index (κ2) is 6.26. The molecule has 1 atom stereocenters. The van der Waals surface area contributed by atoms with E-state index in [1.54, 1.807) is 25.1 Å². The van der Waals surface area contributed by atoms with Crippen molar-refractivity contribution in [2.45, 2.75) is 17.9 Å². The maximum Gasteiger partial charge on any atom is 0.242 e. The average molecular weight is 375 g/mol.